The molecule has 3 aromatic rings. The van der Waals surface area contributed by atoms with Crippen LogP contribution in [0.4, 0.5) is 0 Å². The fraction of sp³-hybridized carbons (Fsp3) is 0.333. The van der Waals surface area contributed by atoms with E-state index in [0.717, 1.165) is 22.4 Å². The molecule has 2 saturated heterocycles. The van der Waals surface area contributed by atoms with Gasteiger partial charge in [-0.1, -0.05) is 60.7 Å². The fourth-order valence-electron chi connectivity index (χ4n) is 4.87. The Balaban J connectivity index is 1.27. The number of sulfone groups is 1. The van der Waals surface area contributed by atoms with Gasteiger partial charge >= 0.3 is 0 Å². The maximum Gasteiger partial charge on any atom is 0.246 e. The van der Waals surface area contributed by atoms with Crippen LogP contribution in [0.2, 0.25) is 0 Å². The van der Waals surface area contributed by atoms with Crippen molar-refractivity contribution in [2.45, 2.75) is 19.0 Å². The lowest BCUT2D eigenvalue weighted by Gasteiger charge is -2.37. The van der Waals surface area contributed by atoms with E-state index in [1.165, 1.54) is 0 Å². The van der Waals surface area contributed by atoms with Crippen LogP contribution in [-0.2, 0) is 21.2 Å². The molecule has 0 saturated carbocycles. The van der Waals surface area contributed by atoms with Gasteiger partial charge in [-0.25, -0.2) is 8.42 Å². The molecule has 2 fully saturated rings. The van der Waals surface area contributed by atoms with Gasteiger partial charge in [0.15, 0.2) is 9.84 Å². The highest BCUT2D eigenvalue weighted by atomic mass is 32.2. The van der Waals surface area contributed by atoms with Crippen molar-refractivity contribution in [2.24, 2.45) is 0 Å². The molecular formula is C27H30N4O3S. The molecule has 8 heteroatoms. The maximum absolute atomic E-state index is 12.9. The highest BCUT2D eigenvalue weighted by Gasteiger charge is 2.34. The van der Waals surface area contributed by atoms with Gasteiger partial charge in [0.25, 0.3) is 0 Å². The molecule has 1 aromatic heterocycles. The van der Waals surface area contributed by atoms with E-state index in [9.17, 15) is 13.2 Å². The van der Waals surface area contributed by atoms with Gasteiger partial charge in [-0.3, -0.25) is 14.4 Å². The summed E-state index contributed by atoms with van der Waals surface area (Å²) in [6.07, 6.45) is 6.17. The zero-order valence-electron chi connectivity index (χ0n) is 19.7. The van der Waals surface area contributed by atoms with Crippen molar-refractivity contribution in [2.75, 3.05) is 37.7 Å². The van der Waals surface area contributed by atoms with Crippen molar-refractivity contribution < 1.29 is 13.2 Å². The number of benzene rings is 2. The van der Waals surface area contributed by atoms with Gasteiger partial charge in [-0.2, -0.15) is 5.10 Å². The van der Waals surface area contributed by atoms with Crippen LogP contribution in [0.3, 0.4) is 0 Å². The second-order valence-electron chi connectivity index (χ2n) is 9.23. The average Bonchev–Trinajstić information content (AvgIpc) is 3.46. The van der Waals surface area contributed by atoms with E-state index in [4.69, 9.17) is 5.10 Å². The van der Waals surface area contributed by atoms with Gasteiger partial charge in [-0.15, -0.1) is 0 Å². The maximum atomic E-state index is 12.9. The van der Waals surface area contributed by atoms with Crippen LogP contribution in [-0.4, -0.2) is 77.6 Å². The number of hydrogen-bond acceptors (Lipinski definition) is 5. The normalized spacial score (nSPS) is 20.5. The van der Waals surface area contributed by atoms with E-state index in [-0.39, 0.29) is 23.5 Å². The van der Waals surface area contributed by atoms with Crippen LogP contribution in [0.15, 0.2) is 72.9 Å². The molecule has 182 valence electrons. The Morgan fingerprint density at radius 3 is 2.31 bits per heavy atom. The summed E-state index contributed by atoms with van der Waals surface area (Å²) in [7, 11) is -2.90. The lowest BCUT2D eigenvalue weighted by Crippen LogP contribution is -2.52. The van der Waals surface area contributed by atoms with E-state index in [0.29, 0.717) is 39.1 Å². The lowest BCUT2D eigenvalue weighted by molar-refractivity contribution is -0.127. The quantitative estimate of drug-likeness (QED) is 0.497. The number of nitrogens with zero attached hydrogens (tertiary/aromatic N) is 4. The predicted octanol–water partition coefficient (Wildman–Crippen LogP) is 2.94. The number of hydrogen-bond donors (Lipinski definition) is 0. The van der Waals surface area contributed by atoms with Gasteiger partial charge < -0.3 is 4.90 Å². The number of carbonyl (C=O) groups is 1. The minimum atomic E-state index is -2.90. The molecule has 2 aliphatic heterocycles. The first kappa shape index (κ1) is 23.5. The summed E-state index contributed by atoms with van der Waals surface area (Å²) in [5, 5.41) is 4.82. The first-order valence-electron chi connectivity index (χ1n) is 12.1. The Morgan fingerprint density at radius 1 is 0.971 bits per heavy atom. The molecule has 0 bridgehead atoms. The van der Waals surface area contributed by atoms with Crippen molar-refractivity contribution >= 4 is 21.8 Å². The third-order valence-electron chi connectivity index (χ3n) is 6.78. The fourth-order valence-corrected chi connectivity index (χ4v) is 6.63. The van der Waals surface area contributed by atoms with E-state index in [1.54, 1.807) is 6.08 Å². The van der Waals surface area contributed by atoms with Crippen molar-refractivity contribution in [3.8, 4) is 11.3 Å². The van der Waals surface area contributed by atoms with Crippen molar-refractivity contribution in [1.29, 1.82) is 0 Å². The Bertz CT molecular complexity index is 1290. The van der Waals surface area contributed by atoms with Crippen molar-refractivity contribution in [3.05, 3.63) is 84.1 Å². The third kappa shape index (κ3) is 5.71. The highest BCUT2D eigenvalue weighted by molar-refractivity contribution is 7.91. The largest absolute Gasteiger partial charge is 0.337 e. The van der Waals surface area contributed by atoms with E-state index in [1.807, 2.05) is 70.4 Å². The molecule has 35 heavy (non-hydrogen) atoms. The summed E-state index contributed by atoms with van der Waals surface area (Å²) in [5.41, 5.74) is 3.91. The number of aromatic nitrogens is 2. The highest BCUT2D eigenvalue weighted by Crippen LogP contribution is 2.24. The second-order valence-corrected chi connectivity index (χ2v) is 11.5. The Kier molecular flexibility index (Phi) is 6.83. The van der Waals surface area contributed by atoms with Gasteiger partial charge in [0.05, 0.1) is 23.7 Å². The summed E-state index contributed by atoms with van der Waals surface area (Å²) < 4.78 is 25.5. The molecule has 5 rings (SSSR count). The minimum absolute atomic E-state index is 0.0292. The van der Waals surface area contributed by atoms with E-state index < -0.39 is 9.84 Å². The van der Waals surface area contributed by atoms with Crippen LogP contribution >= 0.6 is 0 Å². The SMILES string of the molecule is O=C(/C=C/c1cn(Cc2ccccc2)nc1-c1ccccc1)N1CCN(C2CCS(=O)(=O)C2)CC1. The first-order chi connectivity index (χ1) is 17.0. The molecule has 0 spiro atoms. The Labute approximate surface area is 206 Å². The minimum Gasteiger partial charge on any atom is -0.337 e. The van der Waals surface area contributed by atoms with Crippen molar-refractivity contribution in [1.82, 2.24) is 19.6 Å². The predicted molar refractivity (Wildman–Crippen MR) is 137 cm³/mol. The van der Waals surface area contributed by atoms with Crippen LogP contribution < -0.4 is 0 Å². The van der Waals surface area contributed by atoms with Gasteiger partial charge in [0.1, 0.15) is 0 Å². The van der Waals surface area contributed by atoms with Crippen LogP contribution in [0.1, 0.15) is 17.5 Å². The van der Waals surface area contributed by atoms with Gasteiger partial charge in [0, 0.05) is 55.6 Å². The molecule has 0 radical (unpaired) electrons. The molecule has 1 atom stereocenters. The standard InChI is InChI=1S/C27H30N4O3S/c32-26(30-16-14-29(15-17-30)25-13-18-35(33,34)21-25)12-11-24-20-31(19-22-7-3-1-4-8-22)28-27(24)23-9-5-2-6-10-23/h1-12,20,25H,13-19,21H2/b12-11+. The zero-order chi connectivity index (χ0) is 24.3. The molecule has 7 nitrogen and oxygen atoms in total. The molecular weight excluding hydrogens is 460 g/mol. The molecule has 0 aliphatic carbocycles. The van der Waals surface area contributed by atoms with Crippen LogP contribution in [0.5, 0.6) is 0 Å². The molecule has 1 unspecified atom stereocenters. The topological polar surface area (TPSA) is 75.5 Å². The smallest absolute Gasteiger partial charge is 0.246 e. The second kappa shape index (κ2) is 10.2. The summed E-state index contributed by atoms with van der Waals surface area (Å²) in [5.74, 6) is 0.496. The van der Waals surface area contributed by atoms with Crippen molar-refractivity contribution in [3.63, 3.8) is 0 Å². The first-order valence-corrected chi connectivity index (χ1v) is 13.9. The zero-order valence-corrected chi connectivity index (χ0v) is 20.5. The number of piperazine rings is 1. The summed E-state index contributed by atoms with van der Waals surface area (Å²) in [6, 6.07) is 20.3. The number of carbonyl (C=O) groups excluding carboxylic acids is 1. The van der Waals surface area contributed by atoms with Crippen LogP contribution in [0, 0.1) is 0 Å². The molecule has 3 heterocycles. The van der Waals surface area contributed by atoms with Crippen LogP contribution in [0.25, 0.3) is 17.3 Å². The molecule has 0 N–H and O–H groups in total. The Hall–Kier alpha value is -3.23. The average molecular weight is 491 g/mol. The van der Waals surface area contributed by atoms with Gasteiger partial charge in [0.2, 0.25) is 5.91 Å². The molecule has 1 amide bonds. The third-order valence-corrected chi connectivity index (χ3v) is 8.53. The Morgan fingerprint density at radius 2 is 1.66 bits per heavy atom. The number of amides is 1. The summed E-state index contributed by atoms with van der Waals surface area (Å²) >= 11 is 0. The van der Waals surface area contributed by atoms with E-state index >= 15 is 0 Å². The lowest BCUT2D eigenvalue weighted by atomic mass is 10.1. The van der Waals surface area contributed by atoms with E-state index in [2.05, 4.69) is 17.0 Å². The summed E-state index contributed by atoms with van der Waals surface area (Å²) in [6.45, 7) is 3.30. The monoisotopic (exact) mass is 490 g/mol. The van der Waals surface area contributed by atoms with Gasteiger partial charge in [-0.05, 0) is 18.1 Å². The number of rotatable bonds is 6. The summed E-state index contributed by atoms with van der Waals surface area (Å²) in [4.78, 5) is 17.0. The molecule has 2 aliphatic rings. The molecule has 2 aromatic carbocycles.